The Labute approximate surface area is 207 Å². The number of rotatable bonds is 13. The number of nitrogens with one attached hydrogen (secondary N) is 1. The van der Waals surface area contributed by atoms with E-state index >= 15 is 0 Å². The molecule has 0 fully saturated rings. The quantitative estimate of drug-likeness (QED) is 0.238. The molecule has 0 radical (unpaired) electrons. The number of anilines is 1. The third-order valence-corrected chi connectivity index (χ3v) is 6.26. The van der Waals surface area contributed by atoms with Gasteiger partial charge in [-0.2, -0.15) is 0 Å². The third kappa shape index (κ3) is 8.12. The van der Waals surface area contributed by atoms with Gasteiger partial charge >= 0.3 is 5.97 Å². The van der Waals surface area contributed by atoms with Crippen molar-refractivity contribution in [2.45, 2.75) is 43.9 Å². The molecule has 0 atom stereocenters. The zero-order chi connectivity index (χ0) is 25.1. The summed E-state index contributed by atoms with van der Waals surface area (Å²) < 4.78 is 36.2. The second kappa shape index (κ2) is 12.9. The van der Waals surface area contributed by atoms with Crippen molar-refractivity contribution in [1.29, 1.82) is 0 Å². The molecule has 0 heterocycles. The molecule has 8 heteroatoms. The number of hydrogen-bond acceptors (Lipinski definition) is 6. The number of carbonyl (C=O) groups is 1. The highest BCUT2D eigenvalue weighted by Gasteiger charge is 2.24. The molecule has 7 nitrogen and oxygen atoms in total. The van der Waals surface area contributed by atoms with Crippen LogP contribution in [0.1, 0.15) is 48.5 Å². The number of sulfonamides is 1. The molecular formula is C27H32N2O5S. The van der Waals surface area contributed by atoms with Crippen LogP contribution in [0.3, 0.4) is 0 Å². The molecule has 3 aromatic rings. The maximum absolute atomic E-state index is 12.8. The van der Waals surface area contributed by atoms with Crippen LogP contribution in [0.2, 0.25) is 0 Å². The molecule has 3 rings (SSSR count). The number of primary sulfonamides is 1. The van der Waals surface area contributed by atoms with Gasteiger partial charge in [0.15, 0.2) is 5.75 Å². The molecule has 0 saturated carbocycles. The van der Waals surface area contributed by atoms with E-state index in [-0.39, 0.29) is 22.8 Å². The second-order valence-corrected chi connectivity index (χ2v) is 9.70. The van der Waals surface area contributed by atoms with Gasteiger partial charge in [0.2, 0.25) is 10.0 Å². The molecule has 0 unspecified atom stereocenters. The molecule has 35 heavy (non-hydrogen) atoms. The number of ether oxygens (including phenoxy) is 2. The molecule has 0 spiro atoms. The van der Waals surface area contributed by atoms with E-state index in [4.69, 9.17) is 14.6 Å². The molecule has 186 valence electrons. The highest BCUT2D eigenvalue weighted by Crippen LogP contribution is 2.37. The molecule has 0 saturated heterocycles. The van der Waals surface area contributed by atoms with Crippen LogP contribution in [0.25, 0.3) is 0 Å². The summed E-state index contributed by atoms with van der Waals surface area (Å²) in [5.41, 5.74) is 1.69. The Morgan fingerprint density at radius 3 is 2.29 bits per heavy atom. The minimum atomic E-state index is -4.20. The van der Waals surface area contributed by atoms with Crippen molar-refractivity contribution in [2.75, 3.05) is 18.5 Å². The largest absolute Gasteiger partial charge is 0.462 e. The number of para-hydroxylation sites is 1. The van der Waals surface area contributed by atoms with Gasteiger partial charge in [0.25, 0.3) is 0 Å². The molecule has 0 aliphatic heterocycles. The summed E-state index contributed by atoms with van der Waals surface area (Å²) in [6.45, 7) is 2.85. The van der Waals surface area contributed by atoms with Crippen molar-refractivity contribution < 1.29 is 22.7 Å². The first kappa shape index (κ1) is 26.2. The normalized spacial score (nSPS) is 11.1. The number of hydrogen-bond donors (Lipinski definition) is 2. The first-order valence-electron chi connectivity index (χ1n) is 11.8. The number of carbonyl (C=O) groups excluding carboxylic acids is 1. The van der Waals surface area contributed by atoms with Crippen LogP contribution in [-0.2, 0) is 21.2 Å². The van der Waals surface area contributed by atoms with E-state index in [1.165, 1.54) is 11.6 Å². The zero-order valence-corrected chi connectivity index (χ0v) is 20.7. The van der Waals surface area contributed by atoms with E-state index in [9.17, 15) is 13.2 Å². The maximum atomic E-state index is 12.8. The second-order valence-electron chi connectivity index (χ2n) is 8.17. The van der Waals surface area contributed by atoms with Crippen LogP contribution >= 0.6 is 0 Å². The lowest BCUT2D eigenvalue weighted by molar-refractivity contribution is 0.0498. The van der Waals surface area contributed by atoms with Crippen molar-refractivity contribution >= 4 is 21.7 Å². The van der Waals surface area contributed by atoms with Gasteiger partial charge in [-0.1, -0.05) is 61.9 Å². The van der Waals surface area contributed by atoms with Gasteiger partial charge in [0.1, 0.15) is 10.6 Å². The highest BCUT2D eigenvalue weighted by atomic mass is 32.2. The van der Waals surface area contributed by atoms with Gasteiger partial charge < -0.3 is 14.8 Å². The number of nitrogens with two attached hydrogens (primary N) is 1. The summed E-state index contributed by atoms with van der Waals surface area (Å²) in [4.78, 5) is 12.5. The van der Waals surface area contributed by atoms with Crippen molar-refractivity contribution in [3.63, 3.8) is 0 Å². The summed E-state index contributed by atoms with van der Waals surface area (Å²) in [5, 5.41) is 8.70. The van der Waals surface area contributed by atoms with Crippen molar-refractivity contribution in [3.8, 4) is 11.5 Å². The molecule has 3 N–H and O–H groups in total. The van der Waals surface area contributed by atoms with Crippen LogP contribution in [0.15, 0.2) is 77.7 Å². The first-order valence-corrected chi connectivity index (χ1v) is 13.3. The van der Waals surface area contributed by atoms with Crippen molar-refractivity contribution in [1.82, 2.24) is 0 Å². The van der Waals surface area contributed by atoms with Gasteiger partial charge in [-0.3, -0.25) is 0 Å². The summed E-state index contributed by atoms with van der Waals surface area (Å²) in [6.07, 6.45) is 4.25. The Kier molecular flexibility index (Phi) is 9.69. The Morgan fingerprint density at radius 1 is 0.943 bits per heavy atom. The van der Waals surface area contributed by atoms with Gasteiger partial charge in [-0.05, 0) is 55.5 Å². The monoisotopic (exact) mass is 496 g/mol. The minimum Gasteiger partial charge on any atom is -0.462 e. The van der Waals surface area contributed by atoms with E-state index in [0.717, 1.165) is 25.7 Å². The molecule has 3 aromatic carbocycles. The Bertz CT molecular complexity index is 1200. The Balaban J connectivity index is 1.78. The zero-order valence-electron chi connectivity index (χ0n) is 19.9. The fraction of sp³-hybridized carbons (Fsp3) is 0.296. The lowest BCUT2D eigenvalue weighted by Crippen LogP contribution is -2.17. The van der Waals surface area contributed by atoms with Gasteiger partial charge in [-0.25, -0.2) is 18.4 Å². The van der Waals surface area contributed by atoms with Crippen LogP contribution in [0.5, 0.6) is 11.5 Å². The number of aryl methyl sites for hydroxylation is 1. The van der Waals surface area contributed by atoms with E-state index in [2.05, 4.69) is 17.4 Å². The summed E-state index contributed by atoms with van der Waals surface area (Å²) in [5.74, 6) is -0.113. The fourth-order valence-corrected chi connectivity index (χ4v) is 4.20. The molecule has 0 bridgehead atoms. The van der Waals surface area contributed by atoms with Crippen LogP contribution < -0.4 is 15.2 Å². The lowest BCUT2D eigenvalue weighted by atomic mass is 10.1. The molecule has 0 aromatic heterocycles. The van der Waals surface area contributed by atoms with Crippen molar-refractivity contribution in [2.24, 2.45) is 5.14 Å². The molecule has 0 amide bonds. The maximum Gasteiger partial charge on any atom is 0.338 e. The summed E-state index contributed by atoms with van der Waals surface area (Å²) in [6, 6.07) is 21.7. The number of benzene rings is 3. The average Bonchev–Trinajstić information content (AvgIpc) is 2.85. The SMILES string of the molecule is CCCCNc1cc(C(=O)OCCCCc2ccccc2)cc(S(N)(=O)=O)c1Oc1ccccc1. The summed E-state index contributed by atoms with van der Waals surface area (Å²) >= 11 is 0. The smallest absolute Gasteiger partial charge is 0.338 e. The van der Waals surface area contributed by atoms with E-state index in [1.54, 1.807) is 30.3 Å². The number of unbranched alkanes of at least 4 members (excludes halogenated alkanes) is 2. The predicted octanol–water partition coefficient (Wildman–Crippen LogP) is 5.52. The van der Waals surface area contributed by atoms with E-state index < -0.39 is 16.0 Å². The molecule has 0 aliphatic rings. The van der Waals surface area contributed by atoms with Gasteiger partial charge in [0.05, 0.1) is 17.9 Å². The fourth-order valence-electron chi connectivity index (χ4n) is 3.50. The first-order chi connectivity index (χ1) is 16.9. The minimum absolute atomic E-state index is 0.0502. The third-order valence-electron chi connectivity index (χ3n) is 5.34. The summed E-state index contributed by atoms with van der Waals surface area (Å²) in [7, 11) is -4.20. The molecule has 0 aliphatic carbocycles. The predicted molar refractivity (Wildman–Crippen MR) is 137 cm³/mol. The van der Waals surface area contributed by atoms with E-state index in [0.29, 0.717) is 24.4 Å². The number of esters is 1. The van der Waals surface area contributed by atoms with E-state index in [1.807, 2.05) is 31.2 Å². The van der Waals surface area contributed by atoms with Crippen LogP contribution in [0, 0.1) is 0 Å². The van der Waals surface area contributed by atoms with Crippen LogP contribution in [-0.4, -0.2) is 27.5 Å². The average molecular weight is 497 g/mol. The van der Waals surface area contributed by atoms with Crippen molar-refractivity contribution in [3.05, 3.63) is 83.9 Å². The Hall–Kier alpha value is -3.36. The van der Waals surface area contributed by atoms with Gasteiger partial charge in [-0.15, -0.1) is 0 Å². The van der Waals surface area contributed by atoms with Gasteiger partial charge in [0, 0.05) is 6.54 Å². The lowest BCUT2D eigenvalue weighted by Gasteiger charge is -2.18. The van der Waals surface area contributed by atoms with Crippen LogP contribution in [0.4, 0.5) is 5.69 Å². The topological polar surface area (TPSA) is 108 Å². The Morgan fingerprint density at radius 2 is 1.63 bits per heavy atom. The molecular weight excluding hydrogens is 464 g/mol. The highest BCUT2D eigenvalue weighted by molar-refractivity contribution is 7.89. The standard InChI is InChI=1S/C27H32N2O5S/c1-2-3-17-29-24-19-22(27(30)33-18-11-10-14-21-12-6-4-7-13-21)20-25(35(28,31)32)26(24)34-23-15-8-5-9-16-23/h4-9,12-13,15-16,19-20,29H,2-3,10-11,14,17-18H2,1H3,(H2,28,31,32).